The van der Waals surface area contributed by atoms with Gasteiger partial charge in [0.25, 0.3) is 0 Å². The highest BCUT2D eigenvalue weighted by atomic mass is 19.2. The normalized spacial score (nSPS) is 16.7. The molecule has 2 aromatic rings. The van der Waals surface area contributed by atoms with E-state index in [0.717, 1.165) is 36.3 Å². The zero-order valence-electron chi connectivity index (χ0n) is 11.4. The molecular weight excluding hydrogens is 279 g/mol. The maximum atomic E-state index is 13.3. The van der Waals surface area contributed by atoms with Crippen LogP contribution in [-0.2, 0) is 6.42 Å². The summed E-state index contributed by atoms with van der Waals surface area (Å²) < 4.78 is 44.7. The first-order valence-electron chi connectivity index (χ1n) is 6.66. The van der Waals surface area contributed by atoms with Crippen LogP contribution in [0.2, 0.25) is 0 Å². The Kier molecular flexibility index (Phi) is 3.49. The molecular formula is C16H14F3NO. The van der Waals surface area contributed by atoms with E-state index in [-0.39, 0.29) is 11.7 Å². The number of benzene rings is 2. The van der Waals surface area contributed by atoms with E-state index in [1.54, 1.807) is 7.11 Å². The van der Waals surface area contributed by atoms with Gasteiger partial charge < -0.3 is 10.1 Å². The van der Waals surface area contributed by atoms with Crippen LogP contribution in [0.1, 0.15) is 23.6 Å². The maximum absolute atomic E-state index is 13.3. The van der Waals surface area contributed by atoms with E-state index < -0.39 is 17.5 Å². The predicted octanol–water partition coefficient (Wildman–Crippen LogP) is 4.21. The molecule has 0 aromatic heterocycles. The highest BCUT2D eigenvalue weighted by Crippen LogP contribution is 2.36. The number of hydrogen-bond acceptors (Lipinski definition) is 2. The van der Waals surface area contributed by atoms with Crippen molar-refractivity contribution in [1.29, 1.82) is 0 Å². The summed E-state index contributed by atoms with van der Waals surface area (Å²) in [5.41, 5.74) is 2.45. The van der Waals surface area contributed by atoms with Gasteiger partial charge in [0.15, 0.2) is 17.5 Å². The van der Waals surface area contributed by atoms with Crippen LogP contribution in [-0.4, -0.2) is 7.11 Å². The second-order valence-electron chi connectivity index (χ2n) is 5.05. The molecule has 0 saturated carbocycles. The maximum Gasteiger partial charge on any atom is 0.194 e. The highest BCUT2D eigenvalue weighted by Gasteiger charge is 2.23. The van der Waals surface area contributed by atoms with Gasteiger partial charge in [-0.1, -0.05) is 6.07 Å². The standard InChI is InChI=1S/C16H14F3NO/c1-21-11-4-2-9-3-5-15(12(9)8-11)20-10-6-13(17)16(19)14(18)7-10/h2,4,6-8,15,20H,3,5H2,1H3. The number of methoxy groups -OCH3 is 1. The molecule has 0 saturated heterocycles. The number of rotatable bonds is 3. The third kappa shape index (κ3) is 2.55. The van der Waals surface area contributed by atoms with Gasteiger partial charge in [0, 0.05) is 17.8 Å². The van der Waals surface area contributed by atoms with Gasteiger partial charge in [0.1, 0.15) is 5.75 Å². The average molecular weight is 293 g/mol. The molecule has 0 amide bonds. The lowest BCUT2D eigenvalue weighted by atomic mass is 10.1. The third-order valence-electron chi connectivity index (χ3n) is 3.76. The van der Waals surface area contributed by atoms with Crippen molar-refractivity contribution in [2.75, 3.05) is 12.4 Å². The van der Waals surface area contributed by atoms with Crippen LogP contribution in [0.5, 0.6) is 5.75 Å². The van der Waals surface area contributed by atoms with Gasteiger partial charge in [-0.15, -0.1) is 0 Å². The number of nitrogens with one attached hydrogen (secondary N) is 1. The first-order valence-corrected chi connectivity index (χ1v) is 6.66. The van der Waals surface area contributed by atoms with Gasteiger partial charge in [-0.05, 0) is 36.1 Å². The van der Waals surface area contributed by atoms with Crippen LogP contribution in [0.4, 0.5) is 18.9 Å². The van der Waals surface area contributed by atoms with Crippen molar-refractivity contribution in [2.45, 2.75) is 18.9 Å². The minimum atomic E-state index is -1.45. The summed E-state index contributed by atoms with van der Waals surface area (Å²) in [7, 11) is 1.59. The molecule has 3 rings (SSSR count). The van der Waals surface area contributed by atoms with Crippen LogP contribution in [0, 0.1) is 17.5 Å². The van der Waals surface area contributed by atoms with E-state index in [2.05, 4.69) is 5.32 Å². The summed E-state index contributed by atoms with van der Waals surface area (Å²) in [6.07, 6.45) is 1.69. The Morgan fingerprint density at radius 2 is 1.81 bits per heavy atom. The smallest absolute Gasteiger partial charge is 0.194 e. The lowest BCUT2D eigenvalue weighted by Gasteiger charge is -2.16. The summed E-state index contributed by atoms with van der Waals surface area (Å²) in [5, 5.41) is 3.06. The third-order valence-corrected chi connectivity index (χ3v) is 3.76. The minimum absolute atomic E-state index is 0.0700. The van der Waals surface area contributed by atoms with Gasteiger partial charge >= 0.3 is 0 Å². The largest absolute Gasteiger partial charge is 0.497 e. The van der Waals surface area contributed by atoms with E-state index in [1.807, 2.05) is 18.2 Å². The quantitative estimate of drug-likeness (QED) is 0.856. The van der Waals surface area contributed by atoms with Crippen molar-refractivity contribution in [2.24, 2.45) is 0 Å². The molecule has 0 spiro atoms. The Balaban J connectivity index is 1.88. The van der Waals surface area contributed by atoms with Crippen molar-refractivity contribution in [3.8, 4) is 5.75 Å². The Morgan fingerprint density at radius 3 is 2.48 bits per heavy atom. The fourth-order valence-corrected chi connectivity index (χ4v) is 2.70. The Bertz CT molecular complexity index is 664. The fourth-order valence-electron chi connectivity index (χ4n) is 2.70. The molecule has 1 aliphatic rings. The SMILES string of the molecule is COc1ccc2c(c1)C(Nc1cc(F)c(F)c(F)c1)CC2. The fraction of sp³-hybridized carbons (Fsp3) is 0.250. The van der Waals surface area contributed by atoms with Crippen LogP contribution in [0.25, 0.3) is 0 Å². The number of anilines is 1. The molecule has 1 N–H and O–H groups in total. The van der Waals surface area contributed by atoms with Gasteiger partial charge in [0.05, 0.1) is 13.2 Å². The molecule has 0 radical (unpaired) electrons. The Hall–Kier alpha value is -2.17. The minimum Gasteiger partial charge on any atom is -0.497 e. The molecule has 1 atom stereocenters. The number of fused-ring (bicyclic) bond motifs is 1. The molecule has 0 bridgehead atoms. The molecule has 0 fully saturated rings. The van der Waals surface area contributed by atoms with Crippen molar-refractivity contribution >= 4 is 5.69 Å². The van der Waals surface area contributed by atoms with E-state index in [9.17, 15) is 13.2 Å². The number of halogens is 3. The molecule has 110 valence electrons. The summed E-state index contributed by atoms with van der Waals surface area (Å²) in [4.78, 5) is 0. The molecule has 21 heavy (non-hydrogen) atoms. The van der Waals surface area contributed by atoms with Gasteiger partial charge in [0.2, 0.25) is 0 Å². The summed E-state index contributed by atoms with van der Waals surface area (Å²) in [6, 6.07) is 7.66. The van der Waals surface area contributed by atoms with Crippen LogP contribution in [0.3, 0.4) is 0 Å². The first-order chi connectivity index (χ1) is 10.1. The van der Waals surface area contributed by atoms with E-state index in [0.29, 0.717) is 0 Å². The van der Waals surface area contributed by atoms with Crippen LogP contribution in [0.15, 0.2) is 30.3 Å². The average Bonchev–Trinajstić information content (AvgIpc) is 2.87. The second-order valence-corrected chi connectivity index (χ2v) is 5.05. The van der Waals surface area contributed by atoms with Crippen molar-refractivity contribution in [1.82, 2.24) is 0 Å². The van der Waals surface area contributed by atoms with Gasteiger partial charge in [-0.25, -0.2) is 13.2 Å². The lowest BCUT2D eigenvalue weighted by Crippen LogP contribution is -2.08. The molecule has 2 aromatic carbocycles. The van der Waals surface area contributed by atoms with Crippen LogP contribution < -0.4 is 10.1 Å². The first kappa shape index (κ1) is 13.8. The van der Waals surface area contributed by atoms with Gasteiger partial charge in [-0.3, -0.25) is 0 Å². The summed E-state index contributed by atoms with van der Waals surface area (Å²) >= 11 is 0. The topological polar surface area (TPSA) is 21.3 Å². The zero-order valence-corrected chi connectivity index (χ0v) is 11.4. The van der Waals surface area contributed by atoms with E-state index in [4.69, 9.17) is 4.74 Å². The van der Waals surface area contributed by atoms with E-state index >= 15 is 0 Å². The summed E-state index contributed by atoms with van der Waals surface area (Å²) in [5.74, 6) is -3.10. The molecule has 0 aliphatic heterocycles. The van der Waals surface area contributed by atoms with E-state index in [1.165, 1.54) is 5.56 Å². The Morgan fingerprint density at radius 1 is 1.10 bits per heavy atom. The molecule has 1 aliphatic carbocycles. The summed E-state index contributed by atoms with van der Waals surface area (Å²) in [6.45, 7) is 0. The highest BCUT2D eigenvalue weighted by molar-refractivity contribution is 5.50. The molecule has 0 heterocycles. The zero-order chi connectivity index (χ0) is 15.0. The molecule has 1 unspecified atom stereocenters. The lowest BCUT2D eigenvalue weighted by molar-refractivity contribution is 0.414. The van der Waals surface area contributed by atoms with Crippen molar-refractivity contribution in [3.63, 3.8) is 0 Å². The number of aryl methyl sites for hydroxylation is 1. The number of ether oxygens (including phenoxy) is 1. The molecule has 5 heteroatoms. The second kappa shape index (κ2) is 5.31. The molecule has 2 nitrogen and oxygen atoms in total. The monoisotopic (exact) mass is 293 g/mol. The van der Waals surface area contributed by atoms with Crippen molar-refractivity contribution < 1.29 is 17.9 Å². The predicted molar refractivity (Wildman–Crippen MR) is 74.0 cm³/mol. The van der Waals surface area contributed by atoms with Crippen molar-refractivity contribution in [3.05, 3.63) is 58.9 Å². The number of hydrogen-bond donors (Lipinski definition) is 1. The van der Waals surface area contributed by atoms with Gasteiger partial charge in [-0.2, -0.15) is 0 Å². The van der Waals surface area contributed by atoms with Crippen LogP contribution >= 0.6 is 0 Å². The Labute approximate surface area is 120 Å².